The molecule has 74 valence electrons. The topological polar surface area (TPSA) is 111 Å². The zero-order valence-electron chi connectivity index (χ0n) is 7.16. The smallest absolute Gasteiger partial charge is 0.355 e. The molecule has 0 saturated heterocycles. The fourth-order valence-electron chi connectivity index (χ4n) is 1.12. The molecule has 2 rings (SSSR count). The van der Waals surface area contributed by atoms with E-state index < -0.39 is 12.4 Å². The van der Waals surface area contributed by atoms with Gasteiger partial charge in [0.1, 0.15) is 18.8 Å². The summed E-state index contributed by atoms with van der Waals surface area (Å²) in [5.74, 6) is 0. The minimum atomic E-state index is -0.516. The molecule has 0 aromatic carbocycles. The summed E-state index contributed by atoms with van der Waals surface area (Å²) >= 11 is 0. The molecular formula is C6H8N6O2. The van der Waals surface area contributed by atoms with Gasteiger partial charge in [-0.2, -0.15) is 4.68 Å². The van der Waals surface area contributed by atoms with Crippen LogP contribution in [0.25, 0.3) is 5.65 Å². The third-order valence-electron chi connectivity index (χ3n) is 1.82. The maximum Gasteiger partial charge on any atom is 0.355 e. The van der Waals surface area contributed by atoms with Crippen molar-refractivity contribution in [2.45, 2.75) is 13.3 Å². The molecule has 3 N–H and O–H groups in total. The number of hydrogen-bond acceptors (Lipinski definition) is 6. The van der Waals surface area contributed by atoms with Crippen LogP contribution in [0.5, 0.6) is 0 Å². The monoisotopic (exact) mass is 196 g/mol. The van der Waals surface area contributed by atoms with Gasteiger partial charge in [-0.15, -0.1) is 5.10 Å². The fraction of sp³-hybridized carbons (Fsp3) is 0.333. The van der Waals surface area contributed by atoms with E-state index in [-0.39, 0.29) is 6.54 Å². The second kappa shape index (κ2) is 3.16. The Balaban J connectivity index is 2.79. The van der Waals surface area contributed by atoms with Crippen LogP contribution in [0, 0.1) is 0 Å². The Hall–Kier alpha value is -1.80. The number of imidazole rings is 1. The Morgan fingerprint density at radius 1 is 1.57 bits per heavy atom. The molecule has 0 unspecified atom stereocenters. The minimum Gasteiger partial charge on any atom is -0.374 e. The van der Waals surface area contributed by atoms with Crippen molar-refractivity contribution in [3.63, 3.8) is 0 Å². The summed E-state index contributed by atoms with van der Waals surface area (Å²) in [6, 6.07) is 0. The standard InChI is InChI=1S/C6H8N6O2/c7-1-4-5-9-10-12(3-13)6(14)11(5)2-8-4/h2,13H,1,3,7H2. The first-order valence-corrected chi connectivity index (χ1v) is 3.88. The van der Waals surface area contributed by atoms with Gasteiger partial charge in [-0.25, -0.2) is 14.2 Å². The molecule has 0 amide bonds. The Bertz CT molecular complexity index is 515. The summed E-state index contributed by atoms with van der Waals surface area (Å²) in [6.07, 6.45) is 1.31. The van der Waals surface area contributed by atoms with Crippen molar-refractivity contribution in [1.82, 2.24) is 24.4 Å². The molecule has 0 atom stereocenters. The Kier molecular flexibility index (Phi) is 1.98. The van der Waals surface area contributed by atoms with E-state index in [1.807, 2.05) is 0 Å². The van der Waals surface area contributed by atoms with Gasteiger partial charge >= 0.3 is 5.69 Å². The summed E-state index contributed by atoms with van der Waals surface area (Å²) in [6.45, 7) is -0.328. The number of fused-ring (bicyclic) bond motifs is 1. The van der Waals surface area contributed by atoms with E-state index in [0.717, 1.165) is 4.68 Å². The summed E-state index contributed by atoms with van der Waals surface area (Å²) < 4.78 is 2.00. The molecule has 2 aromatic heterocycles. The first kappa shape index (κ1) is 8.78. The predicted octanol–water partition coefficient (Wildman–Crippen LogP) is -2.31. The summed E-state index contributed by atoms with van der Waals surface area (Å²) in [4.78, 5) is 15.4. The van der Waals surface area contributed by atoms with E-state index in [2.05, 4.69) is 15.3 Å². The number of nitrogens with two attached hydrogens (primary N) is 1. The van der Waals surface area contributed by atoms with Crippen LogP contribution < -0.4 is 11.4 Å². The van der Waals surface area contributed by atoms with Crippen molar-refractivity contribution in [2.24, 2.45) is 5.73 Å². The highest BCUT2D eigenvalue weighted by atomic mass is 16.3. The van der Waals surface area contributed by atoms with Crippen LogP contribution in [-0.2, 0) is 13.3 Å². The lowest BCUT2D eigenvalue weighted by Crippen LogP contribution is -2.29. The predicted molar refractivity (Wildman–Crippen MR) is 45.2 cm³/mol. The van der Waals surface area contributed by atoms with E-state index >= 15 is 0 Å². The van der Waals surface area contributed by atoms with Gasteiger partial charge in [0.15, 0.2) is 5.65 Å². The van der Waals surface area contributed by atoms with Crippen LogP contribution in [0.15, 0.2) is 11.1 Å². The van der Waals surface area contributed by atoms with Crippen molar-refractivity contribution >= 4 is 5.65 Å². The molecular weight excluding hydrogens is 188 g/mol. The van der Waals surface area contributed by atoms with Crippen molar-refractivity contribution in [2.75, 3.05) is 0 Å². The number of hydrogen-bond donors (Lipinski definition) is 2. The number of aromatic nitrogens is 5. The molecule has 8 nitrogen and oxygen atoms in total. The maximum absolute atomic E-state index is 11.5. The largest absolute Gasteiger partial charge is 0.374 e. The number of rotatable bonds is 2. The van der Waals surface area contributed by atoms with Gasteiger partial charge in [0.2, 0.25) is 0 Å². The van der Waals surface area contributed by atoms with Gasteiger partial charge in [0, 0.05) is 6.54 Å². The first-order valence-electron chi connectivity index (χ1n) is 3.88. The molecule has 8 heteroatoms. The molecule has 0 aliphatic heterocycles. The molecule has 2 heterocycles. The van der Waals surface area contributed by atoms with Crippen molar-refractivity contribution in [1.29, 1.82) is 0 Å². The molecule has 0 bridgehead atoms. The highest BCUT2D eigenvalue weighted by Gasteiger charge is 2.08. The normalized spacial score (nSPS) is 11.0. The fourth-order valence-corrected chi connectivity index (χ4v) is 1.12. The van der Waals surface area contributed by atoms with Crippen molar-refractivity contribution in [3.05, 3.63) is 22.5 Å². The molecule has 0 spiro atoms. The van der Waals surface area contributed by atoms with E-state index in [9.17, 15) is 4.79 Å². The van der Waals surface area contributed by atoms with Gasteiger partial charge < -0.3 is 10.8 Å². The SMILES string of the molecule is NCc1ncn2c(=O)n(CO)nnc12. The lowest BCUT2D eigenvalue weighted by molar-refractivity contribution is 0.181. The summed E-state index contributed by atoms with van der Waals surface area (Å²) in [5, 5.41) is 16.0. The molecule has 14 heavy (non-hydrogen) atoms. The van der Waals surface area contributed by atoms with Crippen molar-refractivity contribution in [3.8, 4) is 0 Å². The third kappa shape index (κ3) is 1.09. The van der Waals surface area contributed by atoms with Crippen LogP contribution in [0.4, 0.5) is 0 Å². The average molecular weight is 196 g/mol. The number of nitrogens with zero attached hydrogens (tertiary/aromatic N) is 5. The molecule has 0 aliphatic carbocycles. The lowest BCUT2D eigenvalue weighted by atomic mass is 10.5. The van der Waals surface area contributed by atoms with Crippen LogP contribution >= 0.6 is 0 Å². The highest BCUT2D eigenvalue weighted by Crippen LogP contribution is 1.99. The van der Waals surface area contributed by atoms with E-state index in [1.54, 1.807) is 0 Å². The molecule has 0 radical (unpaired) electrons. The lowest BCUT2D eigenvalue weighted by Gasteiger charge is -1.98. The van der Waals surface area contributed by atoms with Gasteiger partial charge in [-0.05, 0) is 0 Å². The van der Waals surface area contributed by atoms with E-state index in [0.29, 0.717) is 11.3 Å². The van der Waals surface area contributed by atoms with Crippen LogP contribution in [-0.4, -0.2) is 29.5 Å². The number of aliphatic hydroxyl groups is 1. The zero-order valence-corrected chi connectivity index (χ0v) is 7.16. The molecule has 0 aliphatic rings. The van der Waals surface area contributed by atoms with Crippen LogP contribution in [0.2, 0.25) is 0 Å². The van der Waals surface area contributed by atoms with Gasteiger partial charge in [0.25, 0.3) is 0 Å². The highest BCUT2D eigenvalue weighted by molar-refractivity contribution is 5.41. The van der Waals surface area contributed by atoms with Gasteiger partial charge in [0.05, 0.1) is 0 Å². The average Bonchev–Trinajstić information content (AvgIpc) is 2.62. The van der Waals surface area contributed by atoms with Crippen LogP contribution in [0.3, 0.4) is 0 Å². The van der Waals surface area contributed by atoms with E-state index in [1.165, 1.54) is 10.7 Å². The zero-order chi connectivity index (χ0) is 10.1. The summed E-state index contributed by atoms with van der Waals surface area (Å²) in [7, 11) is 0. The van der Waals surface area contributed by atoms with Crippen molar-refractivity contribution < 1.29 is 5.11 Å². The second-order valence-electron chi connectivity index (χ2n) is 2.60. The molecule has 0 saturated carbocycles. The van der Waals surface area contributed by atoms with Crippen LogP contribution in [0.1, 0.15) is 5.69 Å². The van der Waals surface area contributed by atoms with Gasteiger partial charge in [-0.3, -0.25) is 0 Å². The quantitative estimate of drug-likeness (QED) is 0.558. The summed E-state index contributed by atoms with van der Waals surface area (Å²) in [5.41, 5.74) is 5.70. The Labute approximate surface area is 77.6 Å². The first-order chi connectivity index (χ1) is 6.77. The van der Waals surface area contributed by atoms with Gasteiger partial charge in [-0.1, -0.05) is 5.21 Å². The Morgan fingerprint density at radius 3 is 3.00 bits per heavy atom. The maximum atomic E-state index is 11.5. The van der Waals surface area contributed by atoms with E-state index in [4.69, 9.17) is 10.8 Å². The minimum absolute atomic E-state index is 0.188. The third-order valence-corrected chi connectivity index (χ3v) is 1.82. The Morgan fingerprint density at radius 2 is 2.36 bits per heavy atom. The molecule has 2 aromatic rings. The second-order valence-corrected chi connectivity index (χ2v) is 2.60. The number of aliphatic hydroxyl groups excluding tert-OH is 1. The molecule has 0 fully saturated rings.